The molecule has 0 heterocycles. The monoisotopic (exact) mass is 239 g/mol. The average Bonchev–Trinajstić information content (AvgIpc) is 2.22. The van der Waals surface area contributed by atoms with E-state index in [0.29, 0.717) is 10.8 Å². The Labute approximate surface area is 91.9 Å². The maximum atomic E-state index is 10.9. The van der Waals surface area contributed by atoms with Crippen molar-refractivity contribution in [3.05, 3.63) is 30.3 Å². The molecule has 0 saturated heterocycles. The number of hydrogen-bond acceptors (Lipinski definition) is 4. The van der Waals surface area contributed by atoms with Gasteiger partial charge in [-0.3, -0.25) is 4.55 Å². The summed E-state index contributed by atoms with van der Waals surface area (Å²) in [7, 11) is -4.26. The van der Waals surface area contributed by atoms with Crippen LogP contribution in [0.1, 0.15) is 0 Å². The third kappa shape index (κ3) is 1.68. The van der Waals surface area contributed by atoms with Crippen LogP contribution in [0.5, 0.6) is 5.75 Å². The first-order valence-electron chi connectivity index (χ1n) is 4.38. The number of nitrogens with two attached hydrogens (primary N) is 1. The van der Waals surface area contributed by atoms with E-state index in [1.807, 2.05) is 0 Å². The molecule has 4 N–H and O–H groups in total. The summed E-state index contributed by atoms with van der Waals surface area (Å²) < 4.78 is 30.7. The summed E-state index contributed by atoms with van der Waals surface area (Å²) in [6.07, 6.45) is 0. The fraction of sp³-hybridized carbons (Fsp3) is 0. The molecule has 2 rings (SSSR count). The molecule has 16 heavy (non-hydrogen) atoms. The smallest absolute Gasteiger partial charge is 0.294 e. The molecule has 6 heteroatoms. The zero-order chi connectivity index (χ0) is 11.9. The van der Waals surface area contributed by atoms with Crippen LogP contribution in [0.25, 0.3) is 10.8 Å². The molecule has 0 spiro atoms. The van der Waals surface area contributed by atoms with Gasteiger partial charge in [0, 0.05) is 5.39 Å². The number of phenolic OH excluding ortho intramolecular Hbond substituents is 1. The first-order chi connectivity index (χ1) is 7.39. The topological polar surface area (TPSA) is 101 Å². The fourth-order valence-electron chi connectivity index (χ4n) is 1.47. The average molecular weight is 239 g/mol. The highest BCUT2D eigenvalue weighted by molar-refractivity contribution is 7.85. The van der Waals surface area contributed by atoms with Crippen molar-refractivity contribution in [2.24, 2.45) is 0 Å². The molecule has 2 aromatic carbocycles. The van der Waals surface area contributed by atoms with E-state index in [1.54, 1.807) is 6.07 Å². The number of hydrogen-bond donors (Lipinski definition) is 3. The minimum absolute atomic E-state index is 0.0861. The van der Waals surface area contributed by atoms with Gasteiger partial charge in [-0.1, -0.05) is 12.1 Å². The summed E-state index contributed by atoms with van der Waals surface area (Å²) in [4.78, 5) is -0.252. The van der Waals surface area contributed by atoms with Gasteiger partial charge in [-0.25, -0.2) is 0 Å². The molecule has 0 unspecified atom stereocenters. The molecule has 5 nitrogen and oxygen atoms in total. The number of fused-ring (bicyclic) bond motifs is 1. The molecule has 0 bridgehead atoms. The molecule has 0 aliphatic heterocycles. The van der Waals surface area contributed by atoms with E-state index in [1.165, 1.54) is 24.3 Å². The van der Waals surface area contributed by atoms with Crippen molar-refractivity contribution in [2.45, 2.75) is 4.90 Å². The quantitative estimate of drug-likeness (QED) is 0.396. The summed E-state index contributed by atoms with van der Waals surface area (Å²) in [6.45, 7) is 0. The van der Waals surface area contributed by atoms with E-state index in [-0.39, 0.29) is 16.3 Å². The highest BCUT2D eigenvalue weighted by Crippen LogP contribution is 2.30. The number of anilines is 1. The number of aromatic hydroxyl groups is 1. The van der Waals surface area contributed by atoms with E-state index in [9.17, 15) is 13.5 Å². The van der Waals surface area contributed by atoms with Crippen LogP contribution in [0, 0.1) is 0 Å². The van der Waals surface area contributed by atoms with Gasteiger partial charge in [0.1, 0.15) is 5.75 Å². The third-order valence-corrected chi connectivity index (χ3v) is 3.16. The van der Waals surface area contributed by atoms with Gasteiger partial charge in [-0.2, -0.15) is 8.42 Å². The second-order valence-electron chi connectivity index (χ2n) is 3.36. The third-order valence-electron chi connectivity index (χ3n) is 2.31. The van der Waals surface area contributed by atoms with Crippen molar-refractivity contribution in [3.63, 3.8) is 0 Å². The standard InChI is InChI=1S/C10H9NO4S/c11-10-8-5-7(16(13,14)15)3-1-6(8)2-4-9(10)12/h1-5,12H,11H2,(H,13,14,15). The van der Waals surface area contributed by atoms with Crippen LogP contribution in [0.4, 0.5) is 5.69 Å². The van der Waals surface area contributed by atoms with Gasteiger partial charge in [-0.05, 0) is 23.6 Å². The Kier molecular flexibility index (Phi) is 2.25. The van der Waals surface area contributed by atoms with Gasteiger partial charge in [0.25, 0.3) is 10.1 Å². The highest BCUT2D eigenvalue weighted by atomic mass is 32.2. The first kappa shape index (κ1) is 10.7. The molecular formula is C10H9NO4S. The van der Waals surface area contributed by atoms with Crippen molar-refractivity contribution >= 4 is 26.6 Å². The molecule has 0 radical (unpaired) electrons. The summed E-state index contributed by atoms with van der Waals surface area (Å²) >= 11 is 0. The predicted molar refractivity (Wildman–Crippen MR) is 59.8 cm³/mol. The van der Waals surface area contributed by atoms with Crippen LogP contribution in [-0.4, -0.2) is 18.1 Å². The summed E-state index contributed by atoms with van der Waals surface area (Å²) in [5.74, 6) is -0.125. The molecule has 0 aliphatic rings. The van der Waals surface area contributed by atoms with Crippen molar-refractivity contribution < 1.29 is 18.1 Å². The Morgan fingerprint density at radius 1 is 1.12 bits per heavy atom. The molecule has 84 valence electrons. The molecule has 0 aliphatic carbocycles. The van der Waals surface area contributed by atoms with Crippen molar-refractivity contribution in [1.29, 1.82) is 0 Å². The Hall–Kier alpha value is -1.79. The summed E-state index contributed by atoms with van der Waals surface area (Å²) in [5, 5.41) is 10.4. The maximum Gasteiger partial charge on any atom is 0.294 e. The summed E-state index contributed by atoms with van der Waals surface area (Å²) in [6, 6.07) is 7.03. The minimum Gasteiger partial charge on any atom is -0.506 e. The molecule has 0 fully saturated rings. The Balaban J connectivity index is 2.84. The van der Waals surface area contributed by atoms with Gasteiger partial charge in [-0.15, -0.1) is 0 Å². The lowest BCUT2D eigenvalue weighted by molar-refractivity contribution is 0.478. The molecule has 0 saturated carbocycles. The Morgan fingerprint density at radius 2 is 1.75 bits per heavy atom. The minimum atomic E-state index is -4.26. The van der Waals surface area contributed by atoms with Crippen molar-refractivity contribution in [2.75, 3.05) is 5.73 Å². The van der Waals surface area contributed by atoms with Gasteiger partial charge in [0.15, 0.2) is 0 Å². The lowest BCUT2D eigenvalue weighted by Crippen LogP contribution is -1.98. The second kappa shape index (κ2) is 3.36. The summed E-state index contributed by atoms with van der Waals surface area (Å²) in [5.41, 5.74) is 5.69. The Morgan fingerprint density at radius 3 is 2.38 bits per heavy atom. The number of rotatable bonds is 1. The zero-order valence-corrected chi connectivity index (χ0v) is 8.90. The number of benzene rings is 2. The van der Waals surface area contributed by atoms with Crippen LogP contribution in [0.15, 0.2) is 35.2 Å². The molecule has 2 aromatic rings. The first-order valence-corrected chi connectivity index (χ1v) is 5.82. The molecule has 0 amide bonds. The lowest BCUT2D eigenvalue weighted by Gasteiger charge is -2.05. The van der Waals surface area contributed by atoms with E-state index in [0.717, 1.165) is 0 Å². The highest BCUT2D eigenvalue weighted by Gasteiger charge is 2.11. The number of nitrogen functional groups attached to an aromatic ring is 1. The van der Waals surface area contributed by atoms with Crippen LogP contribution >= 0.6 is 0 Å². The van der Waals surface area contributed by atoms with Gasteiger partial charge >= 0.3 is 0 Å². The van der Waals surface area contributed by atoms with E-state index in [4.69, 9.17) is 10.3 Å². The van der Waals surface area contributed by atoms with Crippen LogP contribution in [-0.2, 0) is 10.1 Å². The maximum absolute atomic E-state index is 10.9. The number of phenols is 1. The largest absolute Gasteiger partial charge is 0.506 e. The van der Waals surface area contributed by atoms with Gasteiger partial charge in [0.2, 0.25) is 0 Å². The van der Waals surface area contributed by atoms with Crippen LogP contribution < -0.4 is 5.73 Å². The van der Waals surface area contributed by atoms with Crippen LogP contribution in [0.2, 0.25) is 0 Å². The zero-order valence-electron chi connectivity index (χ0n) is 8.08. The normalized spacial score (nSPS) is 11.8. The van der Waals surface area contributed by atoms with E-state index in [2.05, 4.69) is 0 Å². The predicted octanol–water partition coefficient (Wildman–Crippen LogP) is 1.37. The second-order valence-corrected chi connectivity index (χ2v) is 4.78. The van der Waals surface area contributed by atoms with Crippen molar-refractivity contribution in [3.8, 4) is 5.75 Å². The van der Waals surface area contributed by atoms with Gasteiger partial charge in [0.05, 0.1) is 10.6 Å². The van der Waals surface area contributed by atoms with Crippen molar-refractivity contribution in [1.82, 2.24) is 0 Å². The van der Waals surface area contributed by atoms with E-state index >= 15 is 0 Å². The lowest BCUT2D eigenvalue weighted by atomic mass is 10.1. The van der Waals surface area contributed by atoms with Crippen LogP contribution in [0.3, 0.4) is 0 Å². The molecule has 0 atom stereocenters. The fourth-order valence-corrected chi connectivity index (χ4v) is 1.98. The molecule has 0 aromatic heterocycles. The SMILES string of the molecule is Nc1c(O)ccc2ccc(S(=O)(=O)O)cc12. The molecular weight excluding hydrogens is 230 g/mol. The van der Waals surface area contributed by atoms with Gasteiger partial charge < -0.3 is 10.8 Å². The van der Waals surface area contributed by atoms with E-state index < -0.39 is 10.1 Å². The Bertz CT molecular complexity index is 664.